The molecule has 0 N–H and O–H groups in total. The van der Waals surface area contributed by atoms with Gasteiger partial charge in [0, 0.05) is 32.7 Å². The van der Waals surface area contributed by atoms with Crippen molar-refractivity contribution in [1.29, 1.82) is 0 Å². The standard InChI is InChI=1S/C12H22N2O2/c1-10(2)16-12(15)14-7-5-13(6-8-14)9-11-3-4-11/h10-11H,3-9H2,1-2H3. The predicted octanol–water partition coefficient (Wildman–Crippen LogP) is 1.56. The van der Waals surface area contributed by atoms with Crippen molar-refractivity contribution in [3.05, 3.63) is 0 Å². The van der Waals surface area contributed by atoms with Gasteiger partial charge < -0.3 is 9.64 Å². The largest absolute Gasteiger partial charge is 0.447 e. The van der Waals surface area contributed by atoms with E-state index in [1.54, 1.807) is 0 Å². The number of carbonyl (C=O) groups excluding carboxylic acids is 1. The molecule has 0 aromatic heterocycles. The van der Waals surface area contributed by atoms with E-state index in [1.807, 2.05) is 18.7 Å². The molecule has 0 spiro atoms. The highest BCUT2D eigenvalue weighted by atomic mass is 16.6. The molecule has 4 nitrogen and oxygen atoms in total. The van der Waals surface area contributed by atoms with E-state index in [9.17, 15) is 4.79 Å². The SMILES string of the molecule is CC(C)OC(=O)N1CCN(CC2CC2)CC1. The van der Waals surface area contributed by atoms with Crippen LogP contribution in [0.5, 0.6) is 0 Å². The third kappa shape index (κ3) is 3.37. The molecule has 0 atom stereocenters. The summed E-state index contributed by atoms with van der Waals surface area (Å²) in [5.41, 5.74) is 0. The summed E-state index contributed by atoms with van der Waals surface area (Å²) in [5, 5.41) is 0. The van der Waals surface area contributed by atoms with Crippen molar-refractivity contribution in [2.75, 3.05) is 32.7 Å². The quantitative estimate of drug-likeness (QED) is 0.732. The molecule has 0 aromatic carbocycles. The van der Waals surface area contributed by atoms with E-state index in [1.165, 1.54) is 19.4 Å². The first-order valence-electron chi connectivity index (χ1n) is 6.33. The van der Waals surface area contributed by atoms with Crippen LogP contribution in [0, 0.1) is 5.92 Å². The molecule has 0 radical (unpaired) electrons. The summed E-state index contributed by atoms with van der Waals surface area (Å²) >= 11 is 0. The Balaban J connectivity index is 1.69. The lowest BCUT2D eigenvalue weighted by molar-refractivity contribution is 0.0564. The Labute approximate surface area is 97.5 Å². The van der Waals surface area contributed by atoms with Crippen LogP contribution in [-0.4, -0.2) is 54.7 Å². The van der Waals surface area contributed by atoms with Gasteiger partial charge in [0.2, 0.25) is 0 Å². The molecule has 0 bridgehead atoms. The molecule has 0 unspecified atom stereocenters. The van der Waals surface area contributed by atoms with E-state index in [-0.39, 0.29) is 12.2 Å². The first-order chi connectivity index (χ1) is 7.65. The molecule has 1 aliphatic carbocycles. The lowest BCUT2D eigenvalue weighted by Gasteiger charge is -2.34. The maximum atomic E-state index is 11.6. The van der Waals surface area contributed by atoms with E-state index in [4.69, 9.17) is 4.74 Å². The maximum absolute atomic E-state index is 11.6. The second-order valence-corrected chi connectivity index (χ2v) is 5.16. The zero-order chi connectivity index (χ0) is 11.5. The smallest absolute Gasteiger partial charge is 0.410 e. The summed E-state index contributed by atoms with van der Waals surface area (Å²) in [6, 6.07) is 0. The average molecular weight is 226 g/mol. The third-order valence-electron chi connectivity index (χ3n) is 3.18. The van der Waals surface area contributed by atoms with E-state index < -0.39 is 0 Å². The highest BCUT2D eigenvalue weighted by Gasteiger charge is 2.28. The number of hydrogen-bond donors (Lipinski definition) is 0. The molecule has 1 aliphatic heterocycles. The van der Waals surface area contributed by atoms with Crippen LogP contribution in [0.15, 0.2) is 0 Å². The minimum Gasteiger partial charge on any atom is -0.447 e. The number of rotatable bonds is 3. The Morgan fingerprint density at radius 2 is 1.88 bits per heavy atom. The molecular weight excluding hydrogens is 204 g/mol. The zero-order valence-electron chi connectivity index (χ0n) is 10.3. The first kappa shape index (κ1) is 11.7. The van der Waals surface area contributed by atoms with Gasteiger partial charge >= 0.3 is 6.09 Å². The zero-order valence-corrected chi connectivity index (χ0v) is 10.3. The average Bonchev–Trinajstić information content (AvgIpc) is 3.01. The number of hydrogen-bond acceptors (Lipinski definition) is 3. The van der Waals surface area contributed by atoms with Gasteiger partial charge in [-0.1, -0.05) is 0 Å². The molecular formula is C12H22N2O2. The monoisotopic (exact) mass is 226 g/mol. The number of nitrogens with zero attached hydrogens (tertiary/aromatic N) is 2. The Hall–Kier alpha value is -0.770. The fourth-order valence-corrected chi connectivity index (χ4v) is 2.05. The number of ether oxygens (including phenoxy) is 1. The molecule has 2 aliphatic rings. The molecule has 4 heteroatoms. The maximum Gasteiger partial charge on any atom is 0.410 e. The molecule has 1 amide bonds. The molecule has 2 rings (SSSR count). The number of piperazine rings is 1. The fourth-order valence-electron chi connectivity index (χ4n) is 2.05. The summed E-state index contributed by atoms with van der Waals surface area (Å²) in [5.74, 6) is 0.939. The highest BCUT2D eigenvalue weighted by Crippen LogP contribution is 2.29. The van der Waals surface area contributed by atoms with Crippen LogP contribution in [0.3, 0.4) is 0 Å². The van der Waals surface area contributed by atoms with E-state index in [0.717, 1.165) is 32.1 Å². The van der Waals surface area contributed by atoms with Crippen LogP contribution >= 0.6 is 0 Å². The van der Waals surface area contributed by atoms with Crippen molar-refractivity contribution < 1.29 is 9.53 Å². The van der Waals surface area contributed by atoms with Crippen LogP contribution in [0.2, 0.25) is 0 Å². The Kier molecular flexibility index (Phi) is 3.69. The van der Waals surface area contributed by atoms with Gasteiger partial charge in [0.25, 0.3) is 0 Å². The van der Waals surface area contributed by atoms with Crippen molar-refractivity contribution in [3.63, 3.8) is 0 Å². The summed E-state index contributed by atoms with van der Waals surface area (Å²) < 4.78 is 5.19. The van der Waals surface area contributed by atoms with Gasteiger partial charge in [-0.25, -0.2) is 4.79 Å². The van der Waals surface area contributed by atoms with Crippen molar-refractivity contribution in [2.24, 2.45) is 5.92 Å². The lowest BCUT2D eigenvalue weighted by atomic mass is 10.3. The van der Waals surface area contributed by atoms with Crippen LogP contribution in [0.1, 0.15) is 26.7 Å². The van der Waals surface area contributed by atoms with Gasteiger partial charge in [-0.15, -0.1) is 0 Å². The van der Waals surface area contributed by atoms with Gasteiger partial charge in [-0.3, -0.25) is 4.90 Å². The summed E-state index contributed by atoms with van der Waals surface area (Å²) in [7, 11) is 0. The second kappa shape index (κ2) is 5.04. The number of amides is 1. The summed E-state index contributed by atoms with van der Waals surface area (Å²) in [6.07, 6.45) is 2.63. The number of carbonyl (C=O) groups is 1. The predicted molar refractivity (Wildman–Crippen MR) is 62.4 cm³/mol. The fraction of sp³-hybridized carbons (Fsp3) is 0.917. The van der Waals surface area contributed by atoms with E-state index in [2.05, 4.69) is 4.90 Å². The van der Waals surface area contributed by atoms with Crippen LogP contribution in [0.25, 0.3) is 0 Å². The first-order valence-corrected chi connectivity index (χ1v) is 6.33. The molecule has 0 aromatic rings. The summed E-state index contributed by atoms with van der Waals surface area (Å²) in [6.45, 7) is 8.65. The van der Waals surface area contributed by atoms with Crippen LogP contribution < -0.4 is 0 Å². The van der Waals surface area contributed by atoms with Crippen molar-refractivity contribution >= 4 is 6.09 Å². The summed E-state index contributed by atoms with van der Waals surface area (Å²) in [4.78, 5) is 15.9. The Bertz CT molecular complexity index is 243. The highest BCUT2D eigenvalue weighted by molar-refractivity contribution is 5.67. The van der Waals surface area contributed by atoms with Gasteiger partial charge in [-0.2, -0.15) is 0 Å². The third-order valence-corrected chi connectivity index (χ3v) is 3.18. The molecule has 1 saturated heterocycles. The molecule has 16 heavy (non-hydrogen) atoms. The van der Waals surface area contributed by atoms with Crippen LogP contribution in [0.4, 0.5) is 4.79 Å². The van der Waals surface area contributed by atoms with Gasteiger partial charge in [-0.05, 0) is 32.6 Å². The molecule has 1 saturated carbocycles. The topological polar surface area (TPSA) is 32.8 Å². The minimum absolute atomic E-state index is 0.0167. The van der Waals surface area contributed by atoms with Crippen molar-refractivity contribution in [2.45, 2.75) is 32.8 Å². The van der Waals surface area contributed by atoms with Gasteiger partial charge in [0.05, 0.1) is 6.10 Å². The van der Waals surface area contributed by atoms with Crippen molar-refractivity contribution in [3.8, 4) is 0 Å². The Morgan fingerprint density at radius 3 is 2.38 bits per heavy atom. The molecule has 1 heterocycles. The van der Waals surface area contributed by atoms with E-state index >= 15 is 0 Å². The Morgan fingerprint density at radius 1 is 1.25 bits per heavy atom. The second-order valence-electron chi connectivity index (χ2n) is 5.16. The van der Waals surface area contributed by atoms with Crippen molar-refractivity contribution in [1.82, 2.24) is 9.80 Å². The van der Waals surface area contributed by atoms with Gasteiger partial charge in [0.15, 0.2) is 0 Å². The van der Waals surface area contributed by atoms with Crippen LogP contribution in [-0.2, 0) is 4.74 Å². The molecule has 92 valence electrons. The minimum atomic E-state index is -0.152. The van der Waals surface area contributed by atoms with Gasteiger partial charge in [0.1, 0.15) is 0 Å². The van der Waals surface area contributed by atoms with E-state index in [0.29, 0.717) is 0 Å². The lowest BCUT2D eigenvalue weighted by Crippen LogP contribution is -2.49. The normalized spacial score (nSPS) is 22.6. The molecule has 2 fully saturated rings.